The van der Waals surface area contributed by atoms with Gasteiger partial charge in [-0.25, -0.2) is 0 Å². The molecule has 3 aromatic carbocycles. The number of hydrogen-bond donors (Lipinski definition) is 0. The summed E-state index contributed by atoms with van der Waals surface area (Å²) in [4.78, 5) is 0. The van der Waals surface area contributed by atoms with E-state index in [1.54, 1.807) is 24.3 Å². The van der Waals surface area contributed by atoms with E-state index in [4.69, 9.17) is 0 Å². The zero-order valence-corrected chi connectivity index (χ0v) is 13.6. The second-order valence-corrected chi connectivity index (χ2v) is 8.02. The third-order valence-corrected chi connectivity index (χ3v) is 6.37. The van der Waals surface area contributed by atoms with Gasteiger partial charge in [0.2, 0.25) is 0 Å². The van der Waals surface area contributed by atoms with Crippen molar-refractivity contribution in [2.75, 3.05) is 0 Å². The second kappa shape index (κ2) is 6.75. The number of rotatable bonds is 4. The molecule has 0 radical (unpaired) electrons. The first kappa shape index (κ1) is 14.8. The normalized spacial score (nSPS) is 11.8. The Morgan fingerprint density at radius 1 is 0.409 bits per heavy atom. The first-order chi connectivity index (χ1) is 10.8. The fourth-order valence-corrected chi connectivity index (χ4v) is 4.47. The quantitative estimate of drug-likeness (QED) is 0.691. The van der Waals surface area contributed by atoms with Crippen LogP contribution in [0.25, 0.3) is 0 Å². The van der Waals surface area contributed by atoms with Gasteiger partial charge in [-0.05, 0) is 48.5 Å². The predicted octanol–water partition coefficient (Wildman–Crippen LogP) is 3.24. The zero-order valence-electron chi connectivity index (χ0n) is 11.8. The Hall–Kier alpha value is -2.14. The molecule has 0 N–H and O–H groups in total. The summed E-state index contributed by atoms with van der Waals surface area (Å²) in [6.07, 6.45) is 0. The molecule has 0 aliphatic carbocycles. The lowest BCUT2D eigenvalue weighted by molar-refractivity contribution is 0.597. The largest absolute Gasteiger partial charge is 0.415 e. The van der Waals surface area contributed by atoms with Gasteiger partial charge in [0.1, 0.15) is 0 Å². The van der Waals surface area contributed by atoms with Crippen LogP contribution in [0.2, 0.25) is 0 Å². The SMILES string of the molecule is O=[P+](c1ccccc1)c1ccc([P+](=O)c2ccccc2)cc1. The smallest absolute Gasteiger partial charge is 0.0619 e. The van der Waals surface area contributed by atoms with Gasteiger partial charge in [-0.15, -0.1) is 0 Å². The van der Waals surface area contributed by atoms with Gasteiger partial charge < -0.3 is 0 Å². The molecule has 3 rings (SSSR count). The zero-order chi connectivity index (χ0) is 15.4. The van der Waals surface area contributed by atoms with Crippen molar-refractivity contribution in [3.63, 3.8) is 0 Å². The van der Waals surface area contributed by atoms with E-state index >= 15 is 0 Å². The third kappa shape index (κ3) is 3.20. The molecule has 22 heavy (non-hydrogen) atoms. The number of benzene rings is 3. The highest BCUT2D eigenvalue weighted by Crippen LogP contribution is 2.22. The summed E-state index contributed by atoms with van der Waals surface area (Å²) in [5.74, 6) is 0. The summed E-state index contributed by atoms with van der Waals surface area (Å²) >= 11 is 0. The summed E-state index contributed by atoms with van der Waals surface area (Å²) in [5, 5.41) is 3.11. The van der Waals surface area contributed by atoms with Gasteiger partial charge in [0, 0.05) is 0 Å². The van der Waals surface area contributed by atoms with Crippen LogP contribution in [0.5, 0.6) is 0 Å². The summed E-state index contributed by atoms with van der Waals surface area (Å²) < 4.78 is 24.9. The van der Waals surface area contributed by atoms with Crippen molar-refractivity contribution in [3.05, 3.63) is 84.9 Å². The molecule has 2 nitrogen and oxygen atoms in total. The highest BCUT2D eigenvalue weighted by molar-refractivity contribution is 7.62. The Kier molecular flexibility index (Phi) is 4.53. The summed E-state index contributed by atoms with van der Waals surface area (Å²) in [5.41, 5.74) is 0. The van der Waals surface area contributed by atoms with E-state index in [-0.39, 0.29) is 0 Å². The molecule has 0 bridgehead atoms. The average Bonchev–Trinajstić information content (AvgIpc) is 2.62. The second-order valence-electron chi connectivity index (χ2n) is 4.78. The molecular weight excluding hydrogens is 310 g/mol. The van der Waals surface area contributed by atoms with E-state index in [0.717, 1.165) is 21.2 Å². The Balaban J connectivity index is 1.84. The standard InChI is InChI=1S/C18H14O2P2/c19-21(15-7-3-1-4-8-15)17-11-13-18(14-12-17)22(20)16-9-5-2-6-10-16/h1-14H/q+2. The third-order valence-electron chi connectivity index (χ3n) is 3.30. The Morgan fingerprint density at radius 2 is 0.682 bits per heavy atom. The van der Waals surface area contributed by atoms with Crippen LogP contribution in [-0.4, -0.2) is 0 Å². The fourth-order valence-electron chi connectivity index (χ4n) is 2.15. The molecule has 2 unspecified atom stereocenters. The minimum absolute atomic E-state index is 0.751. The molecule has 0 fully saturated rings. The average molecular weight is 324 g/mol. The van der Waals surface area contributed by atoms with Crippen LogP contribution in [0, 0.1) is 0 Å². The molecule has 0 aromatic heterocycles. The molecule has 3 aromatic rings. The van der Waals surface area contributed by atoms with Crippen molar-refractivity contribution < 1.29 is 9.13 Å². The minimum Gasteiger partial charge on any atom is -0.0619 e. The van der Waals surface area contributed by atoms with Crippen LogP contribution < -0.4 is 21.2 Å². The van der Waals surface area contributed by atoms with Gasteiger partial charge in [-0.1, -0.05) is 45.5 Å². The van der Waals surface area contributed by atoms with Gasteiger partial charge >= 0.3 is 15.6 Å². The molecule has 106 valence electrons. The van der Waals surface area contributed by atoms with Crippen LogP contribution in [0.3, 0.4) is 0 Å². The summed E-state index contributed by atoms with van der Waals surface area (Å²) in [6, 6.07) is 26.0. The molecule has 0 saturated heterocycles. The Labute approximate surface area is 131 Å². The van der Waals surface area contributed by atoms with E-state index in [2.05, 4.69) is 0 Å². The van der Waals surface area contributed by atoms with Gasteiger partial charge in [0.15, 0.2) is 21.2 Å². The van der Waals surface area contributed by atoms with Gasteiger partial charge in [-0.3, -0.25) is 0 Å². The Bertz CT molecular complexity index is 727. The highest BCUT2D eigenvalue weighted by atomic mass is 31.1. The lowest BCUT2D eigenvalue weighted by atomic mass is 10.4. The maximum atomic E-state index is 12.5. The summed E-state index contributed by atoms with van der Waals surface area (Å²) in [7, 11) is -3.20. The van der Waals surface area contributed by atoms with Crippen molar-refractivity contribution in [2.45, 2.75) is 0 Å². The monoisotopic (exact) mass is 324 g/mol. The minimum atomic E-state index is -1.60. The van der Waals surface area contributed by atoms with E-state index < -0.39 is 15.6 Å². The fraction of sp³-hybridized carbons (Fsp3) is 0. The lowest BCUT2D eigenvalue weighted by Crippen LogP contribution is -2.11. The predicted molar refractivity (Wildman–Crippen MR) is 93.1 cm³/mol. The Morgan fingerprint density at radius 3 is 1.00 bits per heavy atom. The van der Waals surface area contributed by atoms with Gasteiger partial charge in [0.25, 0.3) is 0 Å². The molecule has 2 atom stereocenters. The first-order valence-corrected chi connectivity index (χ1v) is 9.42. The van der Waals surface area contributed by atoms with Crippen LogP contribution in [0.4, 0.5) is 0 Å². The van der Waals surface area contributed by atoms with Gasteiger partial charge in [-0.2, -0.15) is 0 Å². The molecule has 0 aliphatic rings. The molecule has 0 heterocycles. The van der Waals surface area contributed by atoms with Crippen molar-refractivity contribution in [3.8, 4) is 0 Å². The molecule has 0 aliphatic heterocycles. The highest BCUT2D eigenvalue weighted by Gasteiger charge is 2.27. The van der Waals surface area contributed by atoms with Crippen molar-refractivity contribution in [1.29, 1.82) is 0 Å². The van der Waals surface area contributed by atoms with Crippen molar-refractivity contribution in [1.82, 2.24) is 0 Å². The maximum Gasteiger partial charge on any atom is 0.415 e. The van der Waals surface area contributed by atoms with E-state index in [9.17, 15) is 9.13 Å². The van der Waals surface area contributed by atoms with Crippen LogP contribution in [-0.2, 0) is 9.13 Å². The van der Waals surface area contributed by atoms with Crippen molar-refractivity contribution in [2.24, 2.45) is 0 Å². The van der Waals surface area contributed by atoms with E-state index in [1.807, 2.05) is 60.7 Å². The maximum absolute atomic E-state index is 12.5. The molecule has 4 heteroatoms. The molecule has 0 amide bonds. The molecule has 0 spiro atoms. The molecule has 0 saturated carbocycles. The first-order valence-electron chi connectivity index (χ1n) is 6.90. The number of hydrogen-bond acceptors (Lipinski definition) is 2. The topological polar surface area (TPSA) is 34.1 Å². The van der Waals surface area contributed by atoms with E-state index in [0.29, 0.717) is 0 Å². The summed E-state index contributed by atoms with van der Waals surface area (Å²) in [6.45, 7) is 0. The van der Waals surface area contributed by atoms with Crippen LogP contribution >= 0.6 is 15.6 Å². The van der Waals surface area contributed by atoms with Gasteiger partial charge in [0.05, 0.1) is 0 Å². The lowest BCUT2D eigenvalue weighted by Gasteiger charge is -1.91. The van der Waals surface area contributed by atoms with Crippen molar-refractivity contribution >= 4 is 36.8 Å². The molecular formula is C18H14O2P2+2. The van der Waals surface area contributed by atoms with E-state index in [1.165, 1.54) is 0 Å². The van der Waals surface area contributed by atoms with Crippen LogP contribution in [0.1, 0.15) is 0 Å². The van der Waals surface area contributed by atoms with Crippen LogP contribution in [0.15, 0.2) is 84.9 Å².